The fourth-order valence-corrected chi connectivity index (χ4v) is 2.17. The van der Waals surface area contributed by atoms with Crippen LogP contribution in [0, 0.1) is 0 Å². The topological polar surface area (TPSA) is 59.6 Å². The number of ether oxygens (including phenoxy) is 2. The molecule has 0 aromatic heterocycles. The van der Waals surface area contributed by atoms with Crippen LogP contribution in [0.25, 0.3) is 0 Å². The van der Waals surface area contributed by atoms with Crippen molar-refractivity contribution >= 4 is 17.3 Å². The molecular weight excluding hydrogens is 328 g/mol. The summed E-state index contributed by atoms with van der Waals surface area (Å²) in [5, 5.41) is 5.95. The molecule has 26 heavy (non-hydrogen) atoms. The monoisotopic (exact) mass is 354 g/mol. The van der Waals surface area contributed by atoms with Gasteiger partial charge < -0.3 is 20.1 Å². The molecule has 0 aliphatic heterocycles. The molecule has 1 atom stereocenters. The van der Waals surface area contributed by atoms with E-state index in [0.717, 1.165) is 29.3 Å². The minimum Gasteiger partial charge on any atom is -0.491 e. The van der Waals surface area contributed by atoms with Crippen molar-refractivity contribution in [2.24, 2.45) is 0 Å². The van der Waals surface area contributed by atoms with Gasteiger partial charge in [-0.15, -0.1) is 0 Å². The predicted octanol–water partition coefficient (Wildman–Crippen LogP) is 4.48. The maximum atomic E-state index is 12.1. The quantitative estimate of drug-likeness (QED) is 0.618. The van der Waals surface area contributed by atoms with Gasteiger partial charge in [-0.1, -0.05) is 25.6 Å². The summed E-state index contributed by atoms with van der Waals surface area (Å²) in [5.74, 6) is 1.40. The minimum atomic E-state index is -0.127. The smallest absolute Gasteiger partial charge is 0.243 e. The Bertz CT molecular complexity index is 713. The first-order chi connectivity index (χ1) is 12.6. The van der Waals surface area contributed by atoms with E-state index in [1.54, 1.807) is 18.2 Å². The Morgan fingerprint density at radius 1 is 1.15 bits per heavy atom. The van der Waals surface area contributed by atoms with Crippen molar-refractivity contribution in [3.8, 4) is 11.5 Å². The van der Waals surface area contributed by atoms with Crippen LogP contribution >= 0.6 is 0 Å². The fourth-order valence-electron chi connectivity index (χ4n) is 2.17. The largest absolute Gasteiger partial charge is 0.491 e. The van der Waals surface area contributed by atoms with Crippen molar-refractivity contribution < 1.29 is 14.3 Å². The zero-order valence-corrected chi connectivity index (χ0v) is 15.3. The van der Waals surface area contributed by atoms with E-state index in [0.29, 0.717) is 6.61 Å². The number of rotatable bonds is 10. The summed E-state index contributed by atoms with van der Waals surface area (Å²) in [6, 6.07) is 14.8. The summed E-state index contributed by atoms with van der Waals surface area (Å²) >= 11 is 0. The number of anilines is 2. The molecule has 1 amide bonds. The zero-order chi connectivity index (χ0) is 18.8. The Balaban J connectivity index is 1.83. The molecule has 0 fully saturated rings. The van der Waals surface area contributed by atoms with Gasteiger partial charge in [-0.05, 0) is 49.7 Å². The number of amides is 1. The van der Waals surface area contributed by atoms with E-state index in [9.17, 15) is 4.79 Å². The van der Waals surface area contributed by atoms with E-state index in [2.05, 4.69) is 24.1 Å². The molecule has 1 unspecified atom stereocenters. The number of hydrogen-bond donors (Lipinski definition) is 2. The summed E-state index contributed by atoms with van der Waals surface area (Å²) in [6.07, 6.45) is 2.79. The first-order valence-electron chi connectivity index (χ1n) is 8.75. The minimum absolute atomic E-state index is 0.127. The second-order valence-corrected chi connectivity index (χ2v) is 5.89. The van der Waals surface area contributed by atoms with Gasteiger partial charge in [0.1, 0.15) is 18.1 Å². The van der Waals surface area contributed by atoms with Gasteiger partial charge in [0.05, 0.1) is 12.6 Å². The summed E-state index contributed by atoms with van der Waals surface area (Å²) < 4.78 is 11.2. The van der Waals surface area contributed by atoms with Gasteiger partial charge in [-0.3, -0.25) is 4.79 Å². The number of carbonyl (C=O) groups is 1. The predicted molar refractivity (Wildman–Crippen MR) is 106 cm³/mol. The van der Waals surface area contributed by atoms with Crippen molar-refractivity contribution in [1.82, 2.24) is 0 Å². The Kier molecular flexibility index (Phi) is 7.55. The van der Waals surface area contributed by atoms with Crippen molar-refractivity contribution in [2.45, 2.75) is 26.4 Å². The molecule has 0 radical (unpaired) electrons. The van der Waals surface area contributed by atoms with Crippen LogP contribution in [-0.4, -0.2) is 25.2 Å². The zero-order valence-electron chi connectivity index (χ0n) is 15.3. The molecule has 2 N–H and O–H groups in total. The van der Waals surface area contributed by atoms with E-state index in [4.69, 9.17) is 9.47 Å². The van der Waals surface area contributed by atoms with E-state index in [1.807, 2.05) is 43.3 Å². The van der Waals surface area contributed by atoms with Crippen LogP contribution in [0.1, 0.15) is 20.3 Å². The van der Waals surface area contributed by atoms with Crippen LogP contribution < -0.4 is 20.1 Å². The van der Waals surface area contributed by atoms with Crippen LogP contribution in [0.15, 0.2) is 61.2 Å². The average molecular weight is 354 g/mol. The highest BCUT2D eigenvalue weighted by atomic mass is 16.5. The number of hydrogen-bond acceptors (Lipinski definition) is 4. The van der Waals surface area contributed by atoms with E-state index in [-0.39, 0.29) is 18.6 Å². The van der Waals surface area contributed by atoms with Gasteiger partial charge in [0.2, 0.25) is 5.91 Å². The lowest BCUT2D eigenvalue weighted by molar-refractivity contribution is -0.114. The average Bonchev–Trinajstić information content (AvgIpc) is 2.66. The first-order valence-corrected chi connectivity index (χ1v) is 8.75. The normalized spacial score (nSPS) is 11.3. The maximum Gasteiger partial charge on any atom is 0.243 e. The third-order valence-electron chi connectivity index (χ3n) is 3.71. The summed E-state index contributed by atoms with van der Waals surface area (Å²) in [7, 11) is 0. The highest BCUT2D eigenvalue weighted by Crippen LogP contribution is 2.19. The Hall–Kier alpha value is -2.95. The van der Waals surface area contributed by atoms with Crippen molar-refractivity contribution in [3.63, 3.8) is 0 Å². The van der Waals surface area contributed by atoms with Crippen LogP contribution in [-0.2, 0) is 4.79 Å². The van der Waals surface area contributed by atoms with Gasteiger partial charge in [-0.25, -0.2) is 0 Å². The highest BCUT2D eigenvalue weighted by molar-refractivity contribution is 5.93. The molecule has 0 heterocycles. The Morgan fingerprint density at radius 2 is 1.92 bits per heavy atom. The van der Waals surface area contributed by atoms with Crippen molar-refractivity contribution in [2.75, 3.05) is 23.8 Å². The van der Waals surface area contributed by atoms with Gasteiger partial charge in [-0.2, -0.15) is 0 Å². The van der Waals surface area contributed by atoms with Gasteiger partial charge in [0.15, 0.2) is 0 Å². The van der Waals surface area contributed by atoms with E-state index in [1.165, 1.54) is 0 Å². The van der Waals surface area contributed by atoms with Crippen LogP contribution in [0.5, 0.6) is 11.5 Å². The third-order valence-corrected chi connectivity index (χ3v) is 3.71. The summed E-state index contributed by atoms with van der Waals surface area (Å²) in [6.45, 7) is 8.33. The van der Waals surface area contributed by atoms with Gasteiger partial charge in [0.25, 0.3) is 0 Å². The van der Waals surface area contributed by atoms with Gasteiger partial charge >= 0.3 is 0 Å². The highest BCUT2D eigenvalue weighted by Gasteiger charge is 2.05. The van der Waals surface area contributed by atoms with Gasteiger partial charge in [0, 0.05) is 17.4 Å². The third kappa shape index (κ3) is 6.51. The van der Waals surface area contributed by atoms with Crippen LogP contribution in [0.2, 0.25) is 0 Å². The molecule has 0 aliphatic rings. The molecule has 0 saturated heterocycles. The SMILES string of the molecule is C=CCOc1ccc(NC(=O)CNc2cccc(OC(C)CC)c2)cc1. The lowest BCUT2D eigenvalue weighted by atomic mass is 10.2. The number of benzene rings is 2. The molecule has 0 saturated carbocycles. The first kappa shape index (κ1) is 19.4. The fraction of sp³-hybridized carbons (Fsp3) is 0.286. The molecule has 2 aromatic rings. The second-order valence-electron chi connectivity index (χ2n) is 5.89. The van der Waals surface area contributed by atoms with E-state index < -0.39 is 0 Å². The molecule has 0 spiro atoms. The molecule has 5 heteroatoms. The molecule has 2 aromatic carbocycles. The number of carbonyl (C=O) groups excluding carboxylic acids is 1. The van der Waals surface area contributed by atoms with Crippen molar-refractivity contribution in [1.29, 1.82) is 0 Å². The molecule has 0 bridgehead atoms. The van der Waals surface area contributed by atoms with Crippen LogP contribution in [0.4, 0.5) is 11.4 Å². The number of nitrogens with one attached hydrogen (secondary N) is 2. The lowest BCUT2D eigenvalue weighted by Crippen LogP contribution is -2.21. The molecule has 2 rings (SSSR count). The Labute approximate surface area is 155 Å². The molecular formula is C21H26N2O3. The Morgan fingerprint density at radius 3 is 2.62 bits per heavy atom. The molecule has 0 aliphatic carbocycles. The summed E-state index contributed by atoms with van der Waals surface area (Å²) in [4.78, 5) is 12.1. The van der Waals surface area contributed by atoms with E-state index >= 15 is 0 Å². The summed E-state index contributed by atoms with van der Waals surface area (Å²) in [5.41, 5.74) is 1.56. The molecule has 5 nitrogen and oxygen atoms in total. The lowest BCUT2D eigenvalue weighted by Gasteiger charge is -2.14. The molecule has 138 valence electrons. The maximum absolute atomic E-state index is 12.1. The standard InChI is InChI=1S/C21H26N2O3/c1-4-13-25-19-11-9-17(10-12-19)23-21(24)15-22-18-7-6-8-20(14-18)26-16(3)5-2/h4,6-12,14,16,22H,1,5,13,15H2,2-3H3,(H,23,24). The van der Waals surface area contributed by atoms with Crippen LogP contribution in [0.3, 0.4) is 0 Å². The van der Waals surface area contributed by atoms with Crippen molar-refractivity contribution in [3.05, 3.63) is 61.2 Å². The second kappa shape index (κ2) is 10.1.